The Hall–Kier alpha value is -10.8. The zero-order chi connectivity index (χ0) is 61.5. The Morgan fingerprint density at radius 3 is 0.868 bits per heavy atom. The lowest BCUT2D eigenvalue weighted by molar-refractivity contribution is 0.590. The lowest BCUT2D eigenvalue weighted by atomic mass is 9.33. The summed E-state index contributed by atoms with van der Waals surface area (Å²) >= 11 is 0. The number of anilines is 6. The van der Waals surface area contributed by atoms with Gasteiger partial charge in [0.05, 0.1) is 11.4 Å². The maximum atomic E-state index is 5.87. The molecule has 0 amide bonds. The van der Waals surface area contributed by atoms with E-state index in [1.807, 2.05) is 0 Å². The molecule has 16 rings (SSSR count). The second kappa shape index (κ2) is 22.0. The Balaban J connectivity index is 1.02. The van der Waals surface area contributed by atoms with E-state index in [1.165, 1.54) is 60.4 Å². The number of nitrogens with zero attached hydrogens (tertiary/aromatic N) is 3. The third kappa shape index (κ3) is 10.2. The Morgan fingerprint density at radius 1 is 0.253 bits per heavy atom. The van der Waals surface area contributed by atoms with Gasteiger partial charge >= 0.3 is 0 Å². The fraction of sp³-hybridized carbons (Fsp3) is 0.0920. The predicted octanol–water partition coefficient (Wildman–Crippen LogP) is 21.7. The maximum absolute atomic E-state index is 5.87. The fourth-order valence-corrected chi connectivity index (χ4v) is 14.0. The number of aromatic nitrogens is 1. The first-order valence-corrected chi connectivity index (χ1v) is 31.9. The standard InChI is InChI=1S/C87H68BN3/c1-86(2,3)73-35-39-75(40-36-73)90-81-53-63-33-21-19-31-61(63)49-77(81)88-78-50-62-32-20-22-34-64(62)54-82(78)91(76-41-37-74(38-42-76)87(4,5)6)84-56-70(55-83(90)85(84)88)69-51-79(71-45-65(57-23-11-7-12-24-57)43-66(46-71)58-25-13-8-14-26-58)89-80(52-69)72-47-67(59-27-15-9-16-28-59)44-68(48-72)60-29-17-10-18-30-60/h7-56H,1-6H3. The van der Waals surface area contributed by atoms with Gasteiger partial charge in [0.15, 0.2) is 0 Å². The molecule has 3 heterocycles. The number of benzene rings is 13. The van der Waals surface area contributed by atoms with Crippen molar-refractivity contribution in [1.29, 1.82) is 0 Å². The molecule has 0 N–H and O–H groups in total. The molecule has 2 aliphatic rings. The average molecular weight is 1170 g/mol. The number of fused-ring (bicyclic) bond motifs is 6. The second-order valence-electron chi connectivity index (χ2n) is 26.8. The topological polar surface area (TPSA) is 19.4 Å². The molecule has 0 saturated heterocycles. The third-order valence-corrected chi connectivity index (χ3v) is 18.8. The van der Waals surface area contributed by atoms with Crippen molar-refractivity contribution in [2.75, 3.05) is 9.80 Å². The molecular formula is C87H68BN3. The molecule has 91 heavy (non-hydrogen) atoms. The van der Waals surface area contributed by atoms with Gasteiger partial charge in [-0.1, -0.05) is 248 Å². The highest BCUT2D eigenvalue weighted by Gasteiger charge is 2.44. The lowest BCUT2D eigenvalue weighted by Gasteiger charge is -2.45. The molecule has 3 nitrogen and oxygen atoms in total. The van der Waals surface area contributed by atoms with Crippen molar-refractivity contribution in [1.82, 2.24) is 4.98 Å². The monoisotopic (exact) mass is 1170 g/mol. The van der Waals surface area contributed by atoms with Gasteiger partial charge < -0.3 is 9.80 Å². The van der Waals surface area contributed by atoms with Crippen LogP contribution in [0.3, 0.4) is 0 Å². The summed E-state index contributed by atoms with van der Waals surface area (Å²) in [7, 11) is 0. The summed E-state index contributed by atoms with van der Waals surface area (Å²) in [6.07, 6.45) is 0. The molecule has 0 radical (unpaired) electrons. The molecule has 0 bridgehead atoms. The molecule has 0 saturated carbocycles. The molecule has 0 spiro atoms. The van der Waals surface area contributed by atoms with E-state index in [4.69, 9.17) is 4.98 Å². The smallest absolute Gasteiger partial charge is 0.252 e. The Kier molecular flexibility index (Phi) is 13.4. The van der Waals surface area contributed by atoms with E-state index in [1.54, 1.807) is 0 Å². The maximum Gasteiger partial charge on any atom is 0.252 e. The predicted molar refractivity (Wildman–Crippen MR) is 389 cm³/mol. The molecule has 0 atom stereocenters. The van der Waals surface area contributed by atoms with E-state index >= 15 is 0 Å². The van der Waals surface area contributed by atoms with E-state index in [-0.39, 0.29) is 17.5 Å². The van der Waals surface area contributed by atoms with Gasteiger partial charge in [-0.2, -0.15) is 0 Å². The highest BCUT2D eigenvalue weighted by molar-refractivity contribution is 7.00. The highest BCUT2D eigenvalue weighted by Crippen LogP contribution is 2.49. The van der Waals surface area contributed by atoms with Crippen LogP contribution in [0.4, 0.5) is 34.1 Å². The van der Waals surface area contributed by atoms with Crippen LogP contribution in [-0.4, -0.2) is 11.7 Å². The van der Waals surface area contributed by atoms with Crippen molar-refractivity contribution in [3.8, 4) is 78.1 Å². The van der Waals surface area contributed by atoms with Crippen molar-refractivity contribution >= 4 is 78.8 Å². The van der Waals surface area contributed by atoms with Crippen molar-refractivity contribution in [2.45, 2.75) is 52.4 Å². The molecule has 13 aromatic carbocycles. The first-order valence-electron chi connectivity index (χ1n) is 31.9. The van der Waals surface area contributed by atoms with Gasteiger partial charge in [0.2, 0.25) is 0 Å². The van der Waals surface area contributed by atoms with E-state index in [2.05, 4.69) is 355 Å². The summed E-state index contributed by atoms with van der Waals surface area (Å²) in [6.45, 7) is 13.7. The minimum absolute atomic E-state index is 0.0318. The Bertz CT molecular complexity index is 4670. The number of rotatable bonds is 9. The quantitative estimate of drug-likeness (QED) is 0.134. The van der Waals surface area contributed by atoms with Crippen LogP contribution in [-0.2, 0) is 10.8 Å². The summed E-state index contributed by atoms with van der Waals surface area (Å²) in [5.41, 5.74) is 28.4. The molecule has 2 aliphatic heterocycles. The van der Waals surface area contributed by atoms with Gasteiger partial charge in [-0.3, -0.25) is 0 Å². The van der Waals surface area contributed by atoms with Crippen molar-refractivity contribution in [2.24, 2.45) is 0 Å². The van der Waals surface area contributed by atoms with Crippen LogP contribution in [0.15, 0.2) is 303 Å². The first-order chi connectivity index (χ1) is 44.3. The van der Waals surface area contributed by atoms with Gasteiger partial charge in [-0.15, -0.1) is 0 Å². The van der Waals surface area contributed by atoms with Crippen LogP contribution >= 0.6 is 0 Å². The van der Waals surface area contributed by atoms with Crippen LogP contribution in [0, 0.1) is 0 Å². The van der Waals surface area contributed by atoms with Crippen LogP contribution in [0.1, 0.15) is 52.7 Å². The molecule has 0 fully saturated rings. The lowest BCUT2D eigenvalue weighted by Crippen LogP contribution is -2.61. The van der Waals surface area contributed by atoms with Crippen molar-refractivity contribution in [3.05, 3.63) is 314 Å². The number of pyridine rings is 1. The summed E-state index contributed by atoms with van der Waals surface area (Å²) in [5.74, 6) is 0. The van der Waals surface area contributed by atoms with E-state index in [9.17, 15) is 0 Å². The van der Waals surface area contributed by atoms with E-state index in [0.717, 1.165) is 101 Å². The molecule has 1 aromatic heterocycles. The zero-order valence-electron chi connectivity index (χ0n) is 52.3. The van der Waals surface area contributed by atoms with Gasteiger partial charge in [0.1, 0.15) is 0 Å². The molecule has 0 aliphatic carbocycles. The number of hydrogen-bond donors (Lipinski definition) is 0. The van der Waals surface area contributed by atoms with Crippen LogP contribution < -0.4 is 26.2 Å². The molecule has 14 aromatic rings. The third-order valence-electron chi connectivity index (χ3n) is 18.8. The summed E-state index contributed by atoms with van der Waals surface area (Å²) in [5, 5.41) is 4.86. The van der Waals surface area contributed by atoms with Crippen LogP contribution in [0.5, 0.6) is 0 Å². The zero-order valence-corrected chi connectivity index (χ0v) is 52.3. The van der Waals surface area contributed by atoms with Crippen molar-refractivity contribution < 1.29 is 0 Å². The highest BCUT2D eigenvalue weighted by atomic mass is 15.2. The minimum Gasteiger partial charge on any atom is -0.311 e. The van der Waals surface area contributed by atoms with Gasteiger partial charge in [-0.05, 0) is 213 Å². The molecule has 434 valence electrons. The van der Waals surface area contributed by atoms with Gasteiger partial charge in [-0.25, -0.2) is 4.98 Å². The van der Waals surface area contributed by atoms with Gasteiger partial charge in [0.25, 0.3) is 6.71 Å². The summed E-state index contributed by atoms with van der Waals surface area (Å²) in [6, 6.07) is 113. The first kappa shape index (κ1) is 55.5. The molecular weight excluding hydrogens is 1100 g/mol. The summed E-state index contributed by atoms with van der Waals surface area (Å²) in [4.78, 5) is 11.0. The second-order valence-corrected chi connectivity index (χ2v) is 26.8. The molecule has 4 heteroatoms. The fourth-order valence-electron chi connectivity index (χ4n) is 14.0. The SMILES string of the molecule is CC(C)(C)c1ccc(N2c3cc4ccccc4cc3B3c4cc5ccccc5cc4N(c4ccc(C(C)(C)C)cc4)c4cc(-c5cc(-c6cc(-c7ccccc7)cc(-c7ccccc7)c6)nc(-c6cc(-c7ccccc7)cc(-c7ccccc7)c6)c5)cc2c43)cc1. The van der Waals surface area contributed by atoms with Crippen LogP contribution in [0.25, 0.3) is 99.7 Å². The molecule has 0 unspecified atom stereocenters. The average Bonchev–Trinajstić information content (AvgIpc) is 0.696. The normalized spacial score (nSPS) is 12.7. The Labute approximate surface area is 535 Å². The van der Waals surface area contributed by atoms with E-state index in [0.29, 0.717) is 0 Å². The minimum atomic E-state index is -0.105. The van der Waals surface area contributed by atoms with Crippen molar-refractivity contribution in [3.63, 3.8) is 0 Å². The van der Waals surface area contributed by atoms with E-state index < -0.39 is 0 Å². The number of hydrogen-bond acceptors (Lipinski definition) is 3. The summed E-state index contributed by atoms with van der Waals surface area (Å²) < 4.78 is 0. The Morgan fingerprint density at radius 2 is 0.538 bits per heavy atom. The van der Waals surface area contributed by atoms with Crippen LogP contribution in [0.2, 0.25) is 0 Å². The van der Waals surface area contributed by atoms with Gasteiger partial charge in [0, 0.05) is 45.3 Å². The largest absolute Gasteiger partial charge is 0.311 e.